The molecule has 96 valence electrons. The van der Waals surface area contributed by atoms with Gasteiger partial charge < -0.3 is 9.72 Å². The molecule has 1 heterocycles. The van der Waals surface area contributed by atoms with Crippen molar-refractivity contribution in [3.8, 4) is 0 Å². The Hall–Kier alpha value is -1.34. The summed E-state index contributed by atoms with van der Waals surface area (Å²) < 4.78 is 30.6. The number of sulfonamides is 1. The minimum atomic E-state index is -3.47. The van der Waals surface area contributed by atoms with E-state index in [9.17, 15) is 13.2 Å². The van der Waals surface area contributed by atoms with Crippen LogP contribution < -0.4 is 10.3 Å². The lowest BCUT2D eigenvalue weighted by Crippen LogP contribution is -2.26. The van der Waals surface area contributed by atoms with E-state index in [0.29, 0.717) is 11.3 Å². The van der Waals surface area contributed by atoms with Crippen molar-refractivity contribution in [1.82, 2.24) is 4.98 Å². The van der Waals surface area contributed by atoms with Gasteiger partial charge in [0.15, 0.2) is 0 Å². The molecule has 0 unspecified atom stereocenters. The Balaban J connectivity index is 2.83. The highest BCUT2D eigenvalue weighted by molar-refractivity contribution is 7.92. The minimum Gasteiger partial charge on any atom is -0.381 e. The van der Waals surface area contributed by atoms with Crippen LogP contribution in [-0.2, 0) is 14.8 Å². The van der Waals surface area contributed by atoms with Crippen molar-refractivity contribution in [2.24, 2.45) is 0 Å². The molecule has 0 aliphatic heterocycles. The van der Waals surface area contributed by atoms with Gasteiger partial charge in [-0.2, -0.15) is 0 Å². The van der Waals surface area contributed by atoms with Gasteiger partial charge >= 0.3 is 0 Å². The maximum atomic E-state index is 11.7. The number of hydrogen-bond acceptors (Lipinski definition) is 4. The standard InChI is InChI=1S/C10H16N2O4S/c1-7-4-9(5-11-10(7)13)12-17(14,15)6-8(2)16-3/h4-5,8,12H,6H2,1-3H3,(H,11,13)/t8-/m1/s1. The van der Waals surface area contributed by atoms with Crippen LogP contribution in [-0.4, -0.2) is 32.4 Å². The number of aromatic nitrogens is 1. The number of ether oxygens (including phenoxy) is 1. The smallest absolute Gasteiger partial charge is 0.250 e. The topological polar surface area (TPSA) is 88.3 Å². The molecule has 0 fully saturated rings. The number of rotatable bonds is 5. The van der Waals surface area contributed by atoms with Gasteiger partial charge in [-0.25, -0.2) is 8.42 Å². The number of anilines is 1. The molecule has 0 amide bonds. The Morgan fingerprint density at radius 3 is 2.71 bits per heavy atom. The van der Waals surface area contributed by atoms with Crippen LogP contribution in [0.25, 0.3) is 0 Å². The average Bonchev–Trinajstić information content (AvgIpc) is 2.22. The summed E-state index contributed by atoms with van der Waals surface area (Å²) in [6, 6.07) is 1.48. The third-order valence-corrected chi connectivity index (χ3v) is 3.67. The lowest BCUT2D eigenvalue weighted by Gasteiger charge is -2.12. The van der Waals surface area contributed by atoms with Crippen molar-refractivity contribution in [1.29, 1.82) is 0 Å². The Morgan fingerprint density at radius 2 is 2.18 bits per heavy atom. The second-order valence-electron chi connectivity index (χ2n) is 3.83. The molecule has 0 saturated heterocycles. The van der Waals surface area contributed by atoms with E-state index in [1.54, 1.807) is 13.8 Å². The van der Waals surface area contributed by atoms with Gasteiger partial charge in [0.2, 0.25) is 10.0 Å². The zero-order valence-corrected chi connectivity index (χ0v) is 10.8. The van der Waals surface area contributed by atoms with Crippen molar-refractivity contribution in [3.05, 3.63) is 28.2 Å². The van der Waals surface area contributed by atoms with Crippen LogP contribution in [0.1, 0.15) is 12.5 Å². The van der Waals surface area contributed by atoms with Gasteiger partial charge in [-0.3, -0.25) is 9.52 Å². The number of pyridine rings is 1. The van der Waals surface area contributed by atoms with E-state index >= 15 is 0 Å². The molecule has 2 N–H and O–H groups in total. The molecule has 0 radical (unpaired) electrons. The quantitative estimate of drug-likeness (QED) is 0.805. The molecule has 1 aromatic rings. The summed E-state index contributed by atoms with van der Waals surface area (Å²) >= 11 is 0. The number of aromatic amines is 1. The van der Waals surface area contributed by atoms with Gasteiger partial charge in [0.05, 0.1) is 17.5 Å². The molecule has 1 aromatic heterocycles. The maximum Gasteiger partial charge on any atom is 0.250 e. The third kappa shape index (κ3) is 4.20. The first-order valence-electron chi connectivity index (χ1n) is 5.06. The molecule has 0 saturated carbocycles. The lowest BCUT2D eigenvalue weighted by molar-refractivity contribution is 0.136. The first-order valence-corrected chi connectivity index (χ1v) is 6.72. The minimum absolute atomic E-state index is 0.137. The number of nitrogens with one attached hydrogen (secondary N) is 2. The molecule has 1 atom stereocenters. The van der Waals surface area contributed by atoms with E-state index in [-0.39, 0.29) is 11.3 Å². The highest BCUT2D eigenvalue weighted by Crippen LogP contribution is 2.08. The van der Waals surface area contributed by atoms with Crippen molar-refractivity contribution < 1.29 is 13.2 Å². The van der Waals surface area contributed by atoms with Gasteiger partial charge in [0.1, 0.15) is 0 Å². The average molecular weight is 260 g/mol. The molecule has 1 rings (SSSR count). The van der Waals surface area contributed by atoms with Crippen molar-refractivity contribution in [2.45, 2.75) is 20.0 Å². The summed E-state index contributed by atoms with van der Waals surface area (Å²) in [7, 11) is -2.02. The second kappa shape index (κ2) is 5.33. The fourth-order valence-electron chi connectivity index (χ4n) is 1.25. The summed E-state index contributed by atoms with van der Waals surface area (Å²) in [5.74, 6) is -0.137. The normalized spacial score (nSPS) is 13.4. The monoisotopic (exact) mass is 260 g/mol. The first kappa shape index (κ1) is 13.7. The number of aryl methyl sites for hydroxylation is 1. The molecule has 0 aromatic carbocycles. The summed E-state index contributed by atoms with van der Waals surface area (Å²) in [6.45, 7) is 3.27. The van der Waals surface area contributed by atoms with Gasteiger partial charge in [-0.15, -0.1) is 0 Å². The van der Waals surface area contributed by atoms with Gasteiger partial charge in [-0.1, -0.05) is 0 Å². The lowest BCUT2D eigenvalue weighted by atomic mass is 10.3. The summed E-state index contributed by atoms with van der Waals surface area (Å²) in [4.78, 5) is 13.6. The van der Waals surface area contributed by atoms with Crippen LogP contribution in [0.15, 0.2) is 17.1 Å². The molecule has 0 aliphatic rings. The van der Waals surface area contributed by atoms with Crippen molar-refractivity contribution in [3.63, 3.8) is 0 Å². The van der Waals surface area contributed by atoms with Gasteiger partial charge in [0.25, 0.3) is 5.56 Å². The van der Waals surface area contributed by atoms with Crippen LogP contribution in [0.4, 0.5) is 5.69 Å². The van der Waals surface area contributed by atoms with E-state index in [1.807, 2.05) is 0 Å². The number of methoxy groups -OCH3 is 1. The summed E-state index contributed by atoms with van der Waals surface area (Å²) in [6.07, 6.45) is 0.932. The largest absolute Gasteiger partial charge is 0.381 e. The van der Waals surface area contributed by atoms with E-state index in [2.05, 4.69) is 9.71 Å². The summed E-state index contributed by atoms with van der Waals surface area (Å²) in [5, 5.41) is 0. The van der Waals surface area contributed by atoms with Crippen LogP contribution in [0.2, 0.25) is 0 Å². The first-order chi connectivity index (χ1) is 7.84. The van der Waals surface area contributed by atoms with Crippen LogP contribution in [0, 0.1) is 6.92 Å². The molecule has 0 bridgehead atoms. The van der Waals surface area contributed by atoms with E-state index < -0.39 is 16.1 Å². The predicted octanol–water partition coefficient (Wildman–Crippen LogP) is 0.460. The van der Waals surface area contributed by atoms with Crippen LogP contribution in [0.5, 0.6) is 0 Å². The molecule has 7 heteroatoms. The van der Waals surface area contributed by atoms with Crippen molar-refractivity contribution in [2.75, 3.05) is 17.6 Å². The fourth-order valence-corrected chi connectivity index (χ4v) is 2.57. The van der Waals surface area contributed by atoms with Gasteiger partial charge in [-0.05, 0) is 19.9 Å². The van der Waals surface area contributed by atoms with Crippen LogP contribution in [0.3, 0.4) is 0 Å². The Morgan fingerprint density at radius 1 is 1.53 bits per heavy atom. The maximum absolute atomic E-state index is 11.7. The molecule has 0 aliphatic carbocycles. The van der Waals surface area contributed by atoms with Crippen LogP contribution >= 0.6 is 0 Å². The van der Waals surface area contributed by atoms with E-state index in [1.165, 1.54) is 19.4 Å². The van der Waals surface area contributed by atoms with E-state index in [0.717, 1.165) is 0 Å². The molecule has 0 spiro atoms. The summed E-state index contributed by atoms with van der Waals surface area (Å²) in [5.41, 5.74) is 0.550. The second-order valence-corrected chi connectivity index (χ2v) is 5.60. The van der Waals surface area contributed by atoms with Crippen molar-refractivity contribution >= 4 is 15.7 Å². The zero-order chi connectivity index (χ0) is 13.1. The Bertz CT molecular complexity index is 535. The zero-order valence-electron chi connectivity index (χ0n) is 9.98. The molecular weight excluding hydrogens is 244 g/mol. The molecule has 6 nitrogen and oxygen atoms in total. The predicted molar refractivity (Wildman–Crippen MR) is 65.7 cm³/mol. The highest BCUT2D eigenvalue weighted by atomic mass is 32.2. The van der Waals surface area contributed by atoms with Gasteiger partial charge in [0, 0.05) is 18.9 Å². The fraction of sp³-hybridized carbons (Fsp3) is 0.500. The third-order valence-electron chi connectivity index (χ3n) is 2.22. The molecule has 17 heavy (non-hydrogen) atoms. The highest BCUT2D eigenvalue weighted by Gasteiger charge is 2.15. The Kier molecular flexibility index (Phi) is 4.30. The SMILES string of the molecule is CO[C@H](C)CS(=O)(=O)Nc1c[nH]c(=O)c(C)c1. The molecular formula is C10H16N2O4S. The number of H-pyrrole nitrogens is 1. The Labute approximate surface area is 100 Å². The number of hydrogen-bond donors (Lipinski definition) is 2. The van der Waals surface area contributed by atoms with E-state index in [4.69, 9.17) is 4.74 Å².